The molecule has 98 valence electrons. The number of hydrogen-bond acceptors (Lipinski definition) is 3. The summed E-state index contributed by atoms with van der Waals surface area (Å²) >= 11 is 3.61. The van der Waals surface area contributed by atoms with Crippen LogP contribution in [0.2, 0.25) is 0 Å². The third-order valence-electron chi connectivity index (χ3n) is 3.37. The number of halogens is 1. The number of nitrogens with two attached hydrogens (primary N) is 1. The molecule has 1 aromatic carbocycles. The quantitative estimate of drug-likeness (QED) is 0.686. The van der Waals surface area contributed by atoms with Crippen LogP contribution in [0.25, 0.3) is 0 Å². The molecule has 2 rings (SSSR count). The Labute approximate surface area is 116 Å². The van der Waals surface area contributed by atoms with E-state index in [4.69, 9.17) is 5.73 Å². The highest BCUT2D eigenvalue weighted by Crippen LogP contribution is 2.16. The highest BCUT2D eigenvalue weighted by molar-refractivity contribution is 9.09. The van der Waals surface area contributed by atoms with E-state index in [1.807, 2.05) is 30.3 Å². The number of likely N-dealkylation sites (tertiary alicyclic amines) is 1. The van der Waals surface area contributed by atoms with E-state index in [2.05, 4.69) is 20.8 Å². The zero-order valence-electron chi connectivity index (χ0n) is 10.4. The monoisotopic (exact) mass is 310 g/mol. The molecule has 2 unspecified atom stereocenters. The van der Waals surface area contributed by atoms with Crippen LogP contribution in [0, 0.1) is 0 Å². The van der Waals surface area contributed by atoms with Crippen molar-refractivity contribution >= 4 is 21.7 Å². The van der Waals surface area contributed by atoms with Crippen LogP contribution in [0.4, 0.5) is 0 Å². The molecule has 1 aromatic rings. The van der Waals surface area contributed by atoms with Gasteiger partial charge in [0.05, 0.1) is 6.54 Å². The molecule has 18 heavy (non-hydrogen) atoms. The molecular weight excluding hydrogens is 292 g/mol. The summed E-state index contributed by atoms with van der Waals surface area (Å²) in [4.78, 5) is 14.6. The normalized spacial score (nSPS) is 25.7. The molecule has 2 N–H and O–H groups in total. The fourth-order valence-electron chi connectivity index (χ4n) is 2.27. The number of benzene rings is 1. The summed E-state index contributed by atoms with van der Waals surface area (Å²) in [5, 5.41) is 0. The molecule has 0 aliphatic carbocycles. The maximum absolute atomic E-state index is 12.1. The van der Waals surface area contributed by atoms with Gasteiger partial charge in [-0.3, -0.25) is 9.69 Å². The zero-order valence-corrected chi connectivity index (χ0v) is 12.0. The van der Waals surface area contributed by atoms with E-state index < -0.39 is 0 Å². The van der Waals surface area contributed by atoms with Gasteiger partial charge >= 0.3 is 0 Å². The smallest absolute Gasteiger partial charge is 0.176 e. The van der Waals surface area contributed by atoms with Crippen LogP contribution < -0.4 is 5.73 Å². The molecule has 1 aliphatic heterocycles. The van der Waals surface area contributed by atoms with Crippen LogP contribution in [-0.2, 0) is 0 Å². The Morgan fingerprint density at radius 2 is 2.11 bits per heavy atom. The number of ketones is 1. The SMILES string of the molecule is NC1CCCN(CC(=O)c2ccccc2)CC1Br. The molecule has 1 saturated heterocycles. The van der Waals surface area contributed by atoms with Crippen molar-refractivity contribution in [1.82, 2.24) is 4.90 Å². The molecule has 0 bridgehead atoms. The first-order valence-electron chi connectivity index (χ1n) is 6.37. The minimum atomic E-state index is 0.186. The number of nitrogens with zero attached hydrogens (tertiary/aromatic N) is 1. The van der Waals surface area contributed by atoms with E-state index in [-0.39, 0.29) is 16.7 Å². The predicted molar refractivity (Wildman–Crippen MR) is 77.1 cm³/mol. The minimum Gasteiger partial charge on any atom is -0.327 e. The Morgan fingerprint density at radius 1 is 1.39 bits per heavy atom. The fraction of sp³-hybridized carbons (Fsp3) is 0.500. The highest BCUT2D eigenvalue weighted by atomic mass is 79.9. The lowest BCUT2D eigenvalue weighted by atomic mass is 10.1. The van der Waals surface area contributed by atoms with Crippen molar-refractivity contribution in [3.8, 4) is 0 Å². The molecule has 4 heteroatoms. The van der Waals surface area contributed by atoms with Crippen molar-refractivity contribution in [2.45, 2.75) is 23.7 Å². The number of carbonyl (C=O) groups is 1. The van der Waals surface area contributed by atoms with Crippen LogP contribution in [0.15, 0.2) is 30.3 Å². The lowest BCUT2D eigenvalue weighted by Gasteiger charge is -2.22. The van der Waals surface area contributed by atoms with Crippen molar-refractivity contribution in [1.29, 1.82) is 0 Å². The van der Waals surface area contributed by atoms with Crippen LogP contribution >= 0.6 is 15.9 Å². The summed E-state index contributed by atoms with van der Waals surface area (Å²) in [6, 6.07) is 9.67. The molecule has 1 fully saturated rings. The van der Waals surface area contributed by atoms with Gasteiger partial charge in [0.1, 0.15) is 0 Å². The number of alkyl halides is 1. The van der Waals surface area contributed by atoms with Crippen LogP contribution in [0.1, 0.15) is 23.2 Å². The number of Topliss-reactive ketones (excluding diaryl/α,β-unsaturated/α-hetero) is 1. The van der Waals surface area contributed by atoms with E-state index in [0.29, 0.717) is 6.54 Å². The highest BCUT2D eigenvalue weighted by Gasteiger charge is 2.23. The maximum atomic E-state index is 12.1. The number of hydrogen-bond donors (Lipinski definition) is 1. The van der Waals surface area contributed by atoms with E-state index >= 15 is 0 Å². The summed E-state index contributed by atoms with van der Waals surface area (Å²) in [7, 11) is 0. The lowest BCUT2D eigenvalue weighted by Crippen LogP contribution is -2.38. The first-order chi connectivity index (χ1) is 8.66. The van der Waals surface area contributed by atoms with Gasteiger partial charge in [-0.05, 0) is 19.4 Å². The standard InChI is InChI=1S/C14H19BrN2O/c15-12-9-17(8-4-7-13(12)16)10-14(18)11-5-2-1-3-6-11/h1-3,5-6,12-13H,4,7-10,16H2. The Hall–Kier alpha value is -0.710. The molecule has 0 radical (unpaired) electrons. The minimum absolute atomic E-state index is 0.186. The first-order valence-corrected chi connectivity index (χ1v) is 7.28. The van der Waals surface area contributed by atoms with Gasteiger partial charge in [0, 0.05) is 23.0 Å². The Morgan fingerprint density at radius 3 is 2.83 bits per heavy atom. The van der Waals surface area contributed by atoms with Crippen LogP contribution in [-0.4, -0.2) is 41.2 Å². The second-order valence-corrected chi connectivity index (χ2v) is 6.02. The van der Waals surface area contributed by atoms with E-state index in [1.54, 1.807) is 0 Å². The lowest BCUT2D eigenvalue weighted by molar-refractivity contribution is 0.0934. The van der Waals surface area contributed by atoms with Crippen molar-refractivity contribution in [3.05, 3.63) is 35.9 Å². The molecule has 1 aliphatic rings. The zero-order chi connectivity index (χ0) is 13.0. The molecular formula is C14H19BrN2O. The van der Waals surface area contributed by atoms with E-state index in [1.165, 1.54) is 0 Å². The average Bonchev–Trinajstić information content (AvgIpc) is 2.53. The summed E-state index contributed by atoms with van der Waals surface area (Å²) in [6.07, 6.45) is 2.08. The van der Waals surface area contributed by atoms with Crippen LogP contribution in [0.5, 0.6) is 0 Å². The molecule has 0 amide bonds. The van der Waals surface area contributed by atoms with Crippen molar-refractivity contribution in [2.75, 3.05) is 19.6 Å². The van der Waals surface area contributed by atoms with Crippen LogP contribution in [0.3, 0.4) is 0 Å². The molecule has 0 saturated carbocycles. The van der Waals surface area contributed by atoms with Gasteiger partial charge < -0.3 is 5.73 Å². The van der Waals surface area contributed by atoms with E-state index in [0.717, 1.165) is 31.5 Å². The summed E-state index contributed by atoms with van der Waals surface area (Å²) in [6.45, 7) is 2.28. The fourth-order valence-corrected chi connectivity index (χ4v) is 2.94. The largest absolute Gasteiger partial charge is 0.327 e. The second-order valence-electron chi connectivity index (χ2n) is 4.85. The van der Waals surface area contributed by atoms with Gasteiger partial charge in [0.25, 0.3) is 0 Å². The van der Waals surface area contributed by atoms with Gasteiger partial charge in [-0.2, -0.15) is 0 Å². The molecule has 3 nitrogen and oxygen atoms in total. The molecule has 1 heterocycles. The van der Waals surface area contributed by atoms with Crippen molar-refractivity contribution in [3.63, 3.8) is 0 Å². The Bertz CT molecular complexity index is 396. The van der Waals surface area contributed by atoms with Crippen molar-refractivity contribution in [2.24, 2.45) is 5.73 Å². The molecule has 2 atom stereocenters. The van der Waals surface area contributed by atoms with E-state index in [9.17, 15) is 4.79 Å². The Kier molecular flexibility index (Phi) is 4.92. The Balaban J connectivity index is 1.95. The first kappa shape index (κ1) is 13.7. The third-order valence-corrected chi connectivity index (χ3v) is 4.34. The van der Waals surface area contributed by atoms with Crippen molar-refractivity contribution < 1.29 is 4.79 Å². The predicted octanol–water partition coefficient (Wildman–Crippen LogP) is 2.06. The summed E-state index contributed by atoms with van der Waals surface area (Å²) in [5.41, 5.74) is 6.81. The average molecular weight is 311 g/mol. The van der Waals surface area contributed by atoms with Gasteiger partial charge in [-0.1, -0.05) is 46.3 Å². The number of rotatable bonds is 3. The van der Waals surface area contributed by atoms with Gasteiger partial charge in [-0.25, -0.2) is 0 Å². The van der Waals surface area contributed by atoms with Gasteiger partial charge in [0.2, 0.25) is 0 Å². The summed E-state index contributed by atoms with van der Waals surface area (Å²) < 4.78 is 0. The topological polar surface area (TPSA) is 46.3 Å². The molecule has 0 aromatic heterocycles. The third kappa shape index (κ3) is 3.64. The maximum Gasteiger partial charge on any atom is 0.176 e. The second kappa shape index (κ2) is 6.45. The summed E-state index contributed by atoms with van der Waals surface area (Å²) in [5.74, 6) is 0.186. The van der Waals surface area contributed by atoms with Gasteiger partial charge in [-0.15, -0.1) is 0 Å². The number of carbonyl (C=O) groups excluding carboxylic acids is 1. The van der Waals surface area contributed by atoms with Gasteiger partial charge in [0.15, 0.2) is 5.78 Å². The molecule has 0 spiro atoms.